The molecule has 0 saturated heterocycles. The Hall–Kier alpha value is -1.56. The van der Waals surface area contributed by atoms with Crippen LogP contribution in [0.3, 0.4) is 0 Å². The number of unbranched alkanes of at least 4 members (excludes halogenated alkanes) is 3. The smallest absolute Gasteiger partial charge is 0.00610 e. The minimum atomic E-state index is 0.347. The lowest BCUT2D eigenvalue weighted by atomic mass is 9.86. The molecule has 0 heteroatoms. The quantitative estimate of drug-likeness (QED) is 0.436. The average molecular weight is 337 g/mol. The van der Waals surface area contributed by atoms with Crippen LogP contribution in [-0.2, 0) is 12.8 Å². The highest BCUT2D eigenvalue weighted by Gasteiger charge is 2.12. The highest BCUT2D eigenvalue weighted by molar-refractivity contribution is 5.35. The van der Waals surface area contributed by atoms with Crippen molar-refractivity contribution in [3.63, 3.8) is 0 Å². The van der Waals surface area contributed by atoms with Crippen LogP contribution in [0.15, 0.2) is 48.5 Å². The topological polar surface area (TPSA) is 0 Å². The largest absolute Gasteiger partial charge is 0.0654 e. The first-order chi connectivity index (χ1) is 11.9. The van der Waals surface area contributed by atoms with Crippen LogP contribution >= 0.6 is 0 Å². The fourth-order valence-electron chi connectivity index (χ4n) is 3.46. The van der Waals surface area contributed by atoms with Gasteiger partial charge in [0.1, 0.15) is 0 Å². The third-order valence-corrected chi connectivity index (χ3v) is 5.01. The zero-order chi connectivity index (χ0) is 18.3. The van der Waals surface area contributed by atoms with E-state index in [1.807, 2.05) is 0 Å². The SMILES string of the molecule is CCCCCCc1ccc(C(C)c2ccc(CC(C)(C)C)cc2)cc1. The normalized spacial score (nSPS) is 13.0. The summed E-state index contributed by atoms with van der Waals surface area (Å²) >= 11 is 0. The third kappa shape index (κ3) is 6.69. The van der Waals surface area contributed by atoms with E-state index in [0.29, 0.717) is 11.3 Å². The van der Waals surface area contributed by atoms with E-state index in [2.05, 4.69) is 83.1 Å². The van der Waals surface area contributed by atoms with E-state index >= 15 is 0 Å². The molecular formula is C25H36. The minimum Gasteiger partial charge on any atom is -0.0654 e. The molecule has 0 radical (unpaired) electrons. The van der Waals surface area contributed by atoms with E-state index in [1.54, 1.807) is 0 Å². The van der Waals surface area contributed by atoms with Crippen LogP contribution in [0.25, 0.3) is 0 Å². The molecule has 0 fully saturated rings. The Morgan fingerprint density at radius 3 is 1.72 bits per heavy atom. The van der Waals surface area contributed by atoms with Gasteiger partial charge in [-0.25, -0.2) is 0 Å². The van der Waals surface area contributed by atoms with Crippen molar-refractivity contribution in [3.8, 4) is 0 Å². The molecule has 0 N–H and O–H groups in total. The molecule has 0 nitrogen and oxygen atoms in total. The predicted octanol–water partition coefficient (Wildman–Crippen LogP) is 7.55. The van der Waals surface area contributed by atoms with Crippen molar-refractivity contribution in [2.24, 2.45) is 5.41 Å². The number of benzene rings is 2. The zero-order valence-electron chi connectivity index (χ0n) is 16.9. The lowest BCUT2D eigenvalue weighted by Gasteiger charge is -2.19. The highest BCUT2D eigenvalue weighted by atomic mass is 14.2. The molecule has 0 bridgehead atoms. The molecule has 0 amide bonds. The summed E-state index contributed by atoms with van der Waals surface area (Å²) in [6, 6.07) is 18.5. The Bertz CT molecular complexity index is 611. The summed E-state index contributed by atoms with van der Waals surface area (Å²) in [4.78, 5) is 0. The first-order valence-electron chi connectivity index (χ1n) is 10.1. The molecule has 136 valence electrons. The van der Waals surface area contributed by atoms with Crippen molar-refractivity contribution in [1.82, 2.24) is 0 Å². The van der Waals surface area contributed by atoms with Crippen LogP contribution < -0.4 is 0 Å². The fourth-order valence-corrected chi connectivity index (χ4v) is 3.46. The average Bonchev–Trinajstić information content (AvgIpc) is 2.58. The fraction of sp³-hybridized carbons (Fsp3) is 0.520. The van der Waals surface area contributed by atoms with Gasteiger partial charge < -0.3 is 0 Å². The van der Waals surface area contributed by atoms with Crippen molar-refractivity contribution in [1.29, 1.82) is 0 Å². The summed E-state index contributed by atoms with van der Waals surface area (Å²) in [7, 11) is 0. The van der Waals surface area contributed by atoms with Gasteiger partial charge in [-0.2, -0.15) is 0 Å². The first-order valence-corrected chi connectivity index (χ1v) is 10.1. The molecule has 0 saturated carbocycles. The molecule has 0 aliphatic carbocycles. The van der Waals surface area contributed by atoms with E-state index in [9.17, 15) is 0 Å². The molecule has 2 aromatic rings. The number of aryl methyl sites for hydroxylation is 1. The van der Waals surface area contributed by atoms with Gasteiger partial charge in [-0.3, -0.25) is 0 Å². The van der Waals surface area contributed by atoms with Crippen LogP contribution in [0.1, 0.15) is 88.5 Å². The third-order valence-electron chi connectivity index (χ3n) is 5.01. The first kappa shape index (κ1) is 19.8. The molecule has 1 atom stereocenters. The minimum absolute atomic E-state index is 0.347. The summed E-state index contributed by atoms with van der Waals surface area (Å²) in [6.07, 6.45) is 7.70. The van der Waals surface area contributed by atoms with Gasteiger partial charge in [-0.05, 0) is 46.9 Å². The Morgan fingerprint density at radius 1 is 0.720 bits per heavy atom. The van der Waals surface area contributed by atoms with Crippen LogP contribution in [0.5, 0.6) is 0 Å². The van der Waals surface area contributed by atoms with Crippen LogP contribution in [0.2, 0.25) is 0 Å². The van der Waals surface area contributed by atoms with E-state index in [1.165, 1.54) is 54.4 Å². The van der Waals surface area contributed by atoms with E-state index in [4.69, 9.17) is 0 Å². The lowest BCUT2D eigenvalue weighted by molar-refractivity contribution is 0.411. The van der Waals surface area contributed by atoms with Gasteiger partial charge in [-0.1, -0.05) is 102 Å². The van der Waals surface area contributed by atoms with Gasteiger partial charge in [0, 0.05) is 5.92 Å². The molecule has 0 aliphatic heterocycles. The van der Waals surface area contributed by atoms with Crippen molar-refractivity contribution in [3.05, 3.63) is 70.8 Å². The molecule has 0 heterocycles. The van der Waals surface area contributed by atoms with E-state index in [-0.39, 0.29) is 0 Å². The number of rotatable bonds is 8. The van der Waals surface area contributed by atoms with Crippen LogP contribution in [0.4, 0.5) is 0 Å². The van der Waals surface area contributed by atoms with E-state index < -0.39 is 0 Å². The molecule has 2 aromatic carbocycles. The second kappa shape index (κ2) is 9.22. The maximum Gasteiger partial charge on any atom is 0.00610 e. The van der Waals surface area contributed by atoms with Crippen molar-refractivity contribution >= 4 is 0 Å². The van der Waals surface area contributed by atoms with Crippen molar-refractivity contribution in [2.45, 2.75) is 79.1 Å². The van der Waals surface area contributed by atoms with Crippen LogP contribution in [0, 0.1) is 5.41 Å². The second-order valence-electron chi connectivity index (χ2n) is 8.75. The maximum atomic E-state index is 2.33. The standard InChI is InChI=1S/C25H36/c1-6-7-8-9-10-21-11-15-23(16-12-21)20(2)24-17-13-22(14-18-24)19-25(3,4)5/h11-18,20H,6-10,19H2,1-5H3. The summed E-state index contributed by atoms with van der Waals surface area (Å²) in [5.74, 6) is 0.456. The molecule has 1 unspecified atom stereocenters. The summed E-state index contributed by atoms with van der Waals surface area (Å²) in [5, 5.41) is 0. The molecule has 0 aliphatic rings. The number of hydrogen-bond acceptors (Lipinski definition) is 0. The molecule has 0 aromatic heterocycles. The molecule has 0 spiro atoms. The maximum absolute atomic E-state index is 2.33. The molecular weight excluding hydrogens is 300 g/mol. The van der Waals surface area contributed by atoms with Crippen molar-refractivity contribution < 1.29 is 0 Å². The Morgan fingerprint density at radius 2 is 1.24 bits per heavy atom. The summed E-state index contributed by atoms with van der Waals surface area (Å²) in [5.41, 5.74) is 6.09. The van der Waals surface area contributed by atoms with Gasteiger partial charge in [0.25, 0.3) is 0 Å². The van der Waals surface area contributed by atoms with Gasteiger partial charge >= 0.3 is 0 Å². The number of hydrogen-bond donors (Lipinski definition) is 0. The zero-order valence-corrected chi connectivity index (χ0v) is 16.9. The van der Waals surface area contributed by atoms with Gasteiger partial charge in [-0.15, -0.1) is 0 Å². The Balaban J connectivity index is 1.96. The summed E-state index contributed by atoms with van der Waals surface area (Å²) in [6.45, 7) is 11.5. The second-order valence-corrected chi connectivity index (χ2v) is 8.75. The molecule has 25 heavy (non-hydrogen) atoms. The Kier molecular flexibility index (Phi) is 7.29. The van der Waals surface area contributed by atoms with Gasteiger partial charge in [0.15, 0.2) is 0 Å². The predicted molar refractivity (Wildman–Crippen MR) is 111 cm³/mol. The van der Waals surface area contributed by atoms with Gasteiger partial charge in [0.05, 0.1) is 0 Å². The molecule has 2 rings (SSSR count). The lowest BCUT2D eigenvalue weighted by Crippen LogP contribution is -2.09. The monoisotopic (exact) mass is 336 g/mol. The van der Waals surface area contributed by atoms with Gasteiger partial charge in [0.2, 0.25) is 0 Å². The van der Waals surface area contributed by atoms with Crippen LogP contribution in [-0.4, -0.2) is 0 Å². The van der Waals surface area contributed by atoms with Crippen molar-refractivity contribution in [2.75, 3.05) is 0 Å². The summed E-state index contributed by atoms with van der Waals surface area (Å²) < 4.78 is 0. The Labute approximate surface area is 155 Å². The van der Waals surface area contributed by atoms with E-state index in [0.717, 1.165) is 6.42 Å². The highest BCUT2D eigenvalue weighted by Crippen LogP contribution is 2.27.